The van der Waals surface area contributed by atoms with Crippen LogP contribution in [0.3, 0.4) is 0 Å². The van der Waals surface area contributed by atoms with Gasteiger partial charge < -0.3 is 10.1 Å². The van der Waals surface area contributed by atoms with E-state index in [1.807, 2.05) is 6.92 Å². The number of aromatic nitrogens is 1. The average Bonchev–Trinajstić information content (AvgIpc) is 2.46. The van der Waals surface area contributed by atoms with Gasteiger partial charge in [-0.15, -0.1) is 0 Å². The van der Waals surface area contributed by atoms with Crippen LogP contribution in [0.1, 0.15) is 22.8 Å². The molecule has 1 aromatic heterocycles. The minimum Gasteiger partial charge on any atom is -0.477 e. The standard InChI is InChI=1S/C15H12N2O3/c1-3-9-8-12(15(19)20)14(18)17-13(9)10-4-6-11(16-2)7-5-10/h4-8H,3H2,1H3,(H,17,18)(H,19,20). The maximum atomic E-state index is 11.8. The van der Waals surface area contributed by atoms with Crippen molar-refractivity contribution in [3.8, 4) is 11.3 Å². The highest BCUT2D eigenvalue weighted by Crippen LogP contribution is 2.24. The van der Waals surface area contributed by atoms with Crippen LogP contribution >= 0.6 is 0 Å². The van der Waals surface area contributed by atoms with Crippen molar-refractivity contribution in [3.05, 3.63) is 63.2 Å². The summed E-state index contributed by atoms with van der Waals surface area (Å²) in [7, 11) is 0. The van der Waals surface area contributed by atoms with E-state index in [4.69, 9.17) is 11.7 Å². The summed E-state index contributed by atoms with van der Waals surface area (Å²) in [6.45, 7) is 8.79. The smallest absolute Gasteiger partial charge is 0.341 e. The van der Waals surface area contributed by atoms with Gasteiger partial charge in [0.2, 0.25) is 0 Å². The lowest BCUT2D eigenvalue weighted by molar-refractivity contribution is 0.0695. The molecule has 0 aliphatic carbocycles. The van der Waals surface area contributed by atoms with Crippen molar-refractivity contribution in [2.45, 2.75) is 13.3 Å². The van der Waals surface area contributed by atoms with Crippen LogP contribution in [0.4, 0.5) is 5.69 Å². The van der Waals surface area contributed by atoms with Crippen molar-refractivity contribution in [1.82, 2.24) is 4.98 Å². The Kier molecular flexibility index (Phi) is 3.67. The lowest BCUT2D eigenvalue weighted by Gasteiger charge is -2.09. The molecule has 2 aromatic rings. The van der Waals surface area contributed by atoms with E-state index in [9.17, 15) is 9.59 Å². The van der Waals surface area contributed by atoms with E-state index in [1.165, 1.54) is 6.07 Å². The van der Waals surface area contributed by atoms with E-state index in [1.54, 1.807) is 24.3 Å². The van der Waals surface area contributed by atoms with Gasteiger partial charge in [0, 0.05) is 0 Å². The number of rotatable bonds is 3. The van der Waals surface area contributed by atoms with Crippen molar-refractivity contribution in [2.24, 2.45) is 0 Å². The molecule has 0 amide bonds. The van der Waals surface area contributed by atoms with Crippen LogP contribution in [-0.2, 0) is 6.42 Å². The minimum atomic E-state index is -1.24. The van der Waals surface area contributed by atoms with E-state index in [0.29, 0.717) is 17.8 Å². The maximum absolute atomic E-state index is 11.8. The Balaban J connectivity index is 2.61. The fraction of sp³-hybridized carbons (Fsp3) is 0.133. The molecular weight excluding hydrogens is 256 g/mol. The molecule has 0 unspecified atom stereocenters. The monoisotopic (exact) mass is 268 g/mol. The zero-order valence-electron chi connectivity index (χ0n) is 10.8. The highest BCUT2D eigenvalue weighted by Gasteiger charge is 2.13. The number of aromatic amines is 1. The second-order valence-corrected chi connectivity index (χ2v) is 4.23. The Bertz CT molecular complexity index is 752. The predicted octanol–water partition coefficient (Wildman–Crippen LogP) is 2.85. The second-order valence-electron chi connectivity index (χ2n) is 4.23. The second kappa shape index (κ2) is 5.41. The number of carboxylic acid groups (broad SMARTS) is 1. The van der Waals surface area contributed by atoms with Gasteiger partial charge in [0.05, 0.1) is 12.3 Å². The quantitative estimate of drug-likeness (QED) is 0.840. The molecule has 5 heteroatoms. The molecule has 0 aliphatic rings. The zero-order chi connectivity index (χ0) is 14.7. The number of nitrogens with zero attached hydrogens (tertiary/aromatic N) is 1. The normalized spacial score (nSPS) is 10.0. The van der Waals surface area contributed by atoms with Gasteiger partial charge in [-0.25, -0.2) is 9.64 Å². The van der Waals surface area contributed by atoms with Crippen LogP contribution < -0.4 is 5.56 Å². The number of carboxylic acids is 1. The summed E-state index contributed by atoms with van der Waals surface area (Å²) in [6.07, 6.45) is 0.594. The molecule has 0 bridgehead atoms. The summed E-state index contributed by atoms with van der Waals surface area (Å²) >= 11 is 0. The first-order valence-corrected chi connectivity index (χ1v) is 6.04. The largest absolute Gasteiger partial charge is 0.477 e. The minimum absolute atomic E-state index is 0.261. The van der Waals surface area contributed by atoms with Crippen molar-refractivity contribution >= 4 is 11.7 Å². The van der Waals surface area contributed by atoms with Gasteiger partial charge in [-0.1, -0.05) is 31.2 Å². The molecule has 0 saturated heterocycles. The van der Waals surface area contributed by atoms with Gasteiger partial charge in [-0.05, 0) is 23.6 Å². The Morgan fingerprint density at radius 3 is 2.50 bits per heavy atom. The van der Waals surface area contributed by atoms with Gasteiger partial charge in [0.25, 0.3) is 5.56 Å². The van der Waals surface area contributed by atoms with E-state index in [2.05, 4.69) is 9.83 Å². The van der Waals surface area contributed by atoms with E-state index in [0.717, 1.165) is 11.1 Å². The molecule has 0 saturated carbocycles. The first-order valence-electron chi connectivity index (χ1n) is 6.04. The van der Waals surface area contributed by atoms with Crippen LogP contribution in [0.25, 0.3) is 16.1 Å². The summed E-state index contributed by atoms with van der Waals surface area (Å²) in [6, 6.07) is 8.19. The number of hydrogen-bond acceptors (Lipinski definition) is 2. The number of pyridine rings is 1. The highest BCUT2D eigenvalue weighted by molar-refractivity contribution is 5.88. The van der Waals surface area contributed by atoms with Crippen LogP contribution in [0.5, 0.6) is 0 Å². The molecule has 1 aromatic carbocycles. The third-order valence-electron chi connectivity index (χ3n) is 3.02. The molecule has 0 fully saturated rings. The number of H-pyrrole nitrogens is 1. The number of benzene rings is 1. The van der Waals surface area contributed by atoms with Crippen LogP contribution in [-0.4, -0.2) is 16.1 Å². The number of hydrogen-bond donors (Lipinski definition) is 2. The van der Waals surface area contributed by atoms with Gasteiger partial charge in [-0.3, -0.25) is 4.79 Å². The molecule has 2 rings (SSSR count). The molecule has 2 N–H and O–H groups in total. The molecule has 20 heavy (non-hydrogen) atoms. The molecule has 0 atom stereocenters. The van der Waals surface area contributed by atoms with Gasteiger partial charge in [-0.2, -0.15) is 0 Å². The summed E-state index contributed by atoms with van der Waals surface area (Å²) in [5.74, 6) is -1.24. The Morgan fingerprint density at radius 2 is 2.00 bits per heavy atom. The molecular formula is C15H12N2O3. The van der Waals surface area contributed by atoms with Crippen LogP contribution in [0.15, 0.2) is 35.1 Å². The summed E-state index contributed by atoms with van der Waals surface area (Å²) in [4.78, 5) is 28.6. The maximum Gasteiger partial charge on any atom is 0.341 e. The zero-order valence-corrected chi connectivity index (χ0v) is 10.8. The van der Waals surface area contributed by atoms with E-state index in [-0.39, 0.29) is 5.56 Å². The van der Waals surface area contributed by atoms with Crippen molar-refractivity contribution < 1.29 is 9.90 Å². The first kappa shape index (κ1) is 13.6. The van der Waals surface area contributed by atoms with Crippen LogP contribution in [0, 0.1) is 6.57 Å². The number of aromatic carboxylic acids is 1. The van der Waals surface area contributed by atoms with E-state index >= 15 is 0 Å². The molecule has 1 heterocycles. The Morgan fingerprint density at radius 1 is 1.35 bits per heavy atom. The fourth-order valence-corrected chi connectivity index (χ4v) is 1.97. The lowest BCUT2D eigenvalue weighted by atomic mass is 10.0. The highest BCUT2D eigenvalue weighted by atomic mass is 16.4. The Hall–Kier alpha value is -2.87. The van der Waals surface area contributed by atoms with Gasteiger partial charge >= 0.3 is 5.97 Å². The molecule has 0 radical (unpaired) electrons. The molecule has 5 nitrogen and oxygen atoms in total. The van der Waals surface area contributed by atoms with Crippen molar-refractivity contribution in [2.75, 3.05) is 0 Å². The van der Waals surface area contributed by atoms with Crippen molar-refractivity contribution in [3.63, 3.8) is 0 Å². The van der Waals surface area contributed by atoms with Crippen molar-refractivity contribution in [1.29, 1.82) is 0 Å². The predicted molar refractivity (Wildman–Crippen MR) is 75.1 cm³/mol. The SMILES string of the molecule is [C-]#[N+]c1ccc(-c2[nH]c(=O)c(C(=O)O)cc2CC)cc1. The lowest BCUT2D eigenvalue weighted by Crippen LogP contribution is -2.19. The summed E-state index contributed by atoms with van der Waals surface area (Å²) in [5, 5.41) is 8.96. The average molecular weight is 268 g/mol. The number of aryl methyl sites for hydroxylation is 1. The molecule has 0 spiro atoms. The molecule has 100 valence electrons. The fourth-order valence-electron chi connectivity index (χ4n) is 1.97. The third-order valence-corrected chi connectivity index (χ3v) is 3.02. The van der Waals surface area contributed by atoms with Crippen LogP contribution in [0.2, 0.25) is 0 Å². The first-order chi connectivity index (χ1) is 9.56. The summed E-state index contributed by atoms with van der Waals surface area (Å²) < 4.78 is 0. The number of nitrogens with one attached hydrogen (secondary N) is 1. The number of carbonyl (C=O) groups is 1. The van der Waals surface area contributed by atoms with Gasteiger partial charge in [0.15, 0.2) is 5.69 Å². The molecule has 0 aliphatic heterocycles. The topological polar surface area (TPSA) is 74.5 Å². The third kappa shape index (κ3) is 2.45. The van der Waals surface area contributed by atoms with Gasteiger partial charge in [0.1, 0.15) is 5.56 Å². The van der Waals surface area contributed by atoms with E-state index < -0.39 is 11.5 Å². The Labute approximate surface area is 115 Å². The summed E-state index contributed by atoms with van der Waals surface area (Å²) in [5.41, 5.74) is 1.72.